The summed E-state index contributed by atoms with van der Waals surface area (Å²) in [6.07, 6.45) is 1.25. The molecule has 0 radical (unpaired) electrons. The van der Waals surface area contributed by atoms with Crippen LogP contribution in [0.4, 0.5) is 0 Å². The molecule has 0 saturated carbocycles. The van der Waals surface area contributed by atoms with Crippen molar-refractivity contribution in [3.8, 4) is 0 Å². The molecule has 0 fully saturated rings. The molecule has 0 rings (SSSR count). The van der Waals surface area contributed by atoms with E-state index in [1.165, 1.54) is 6.42 Å². The Morgan fingerprint density at radius 3 is 0.588 bits per heavy atom. The quantitative estimate of drug-likeness (QED) is 0.760. The van der Waals surface area contributed by atoms with E-state index in [9.17, 15) is 0 Å². The third kappa shape index (κ3) is 896. The van der Waals surface area contributed by atoms with Gasteiger partial charge < -0.3 is 18.9 Å². The Hall–Kier alpha value is -0.160. The molecule has 0 amide bonds. The highest BCUT2D eigenvalue weighted by atomic mass is 16.5. The molecule has 4 heteroatoms. The molecule has 0 spiro atoms. The van der Waals surface area contributed by atoms with E-state index in [4.69, 9.17) is 0 Å². The number of rotatable bonds is 2. The fourth-order valence-corrected chi connectivity index (χ4v) is 0. The first-order valence-electron chi connectivity index (χ1n) is 5.86. The molecular weight excluding hydrogens is 220 g/mol. The lowest BCUT2D eigenvalue weighted by Crippen LogP contribution is -1.73. The molecule has 0 N–H and O–H groups in total. The van der Waals surface area contributed by atoms with E-state index in [1.54, 1.807) is 42.7 Å². The van der Waals surface area contributed by atoms with E-state index in [2.05, 4.69) is 32.8 Å². The van der Waals surface area contributed by atoms with Crippen LogP contribution in [0.3, 0.4) is 0 Å². The Morgan fingerprint density at radius 1 is 0.529 bits per heavy atom. The first-order chi connectivity index (χ1) is 8.07. The first kappa shape index (κ1) is 30.1. The molecule has 0 aromatic carbocycles. The van der Waals surface area contributed by atoms with Gasteiger partial charge in [0.05, 0.1) is 0 Å². The average Bonchev–Trinajstić information content (AvgIpc) is 2.32. The number of methoxy groups -OCH3 is 4. The Morgan fingerprint density at radius 2 is 0.588 bits per heavy atom. The van der Waals surface area contributed by atoms with Crippen LogP contribution in [0, 0.1) is 0 Å². The van der Waals surface area contributed by atoms with Gasteiger partial charge in [0.15, 0.2) is 0 Å². The molecule has 0 aliphatic rings. The largest absolute Gasteiger partial charge is 0.388 e. The van der Waals surface area contributed by atoms with Gasteiger partial charge in [-0.3, -0.25) is 0 Å². The van der Waals surface area contributed by atoms with E-state index in [0.717, 1.165) is 13.2 Å². The molecule has 0 unspecified atom stereocenters. The average molecular weight is 256 g/mol. The van der Waals surface area contributed by atoms with Gasteiger partial charge in [0.2, 0.25) is 0 Å². The topological polar surface area (TPSA) is 36.9 Å². The fraction of sp³-hybridized carbons (Fsp3) is 1.00. The number of hydrogen-bond acceptors (Lipinski definition) is 4. The van der Waals surface area contributed by atoms with Crippen molar-refractivity contribution < 1.29 is 18.9 Å². The van der Waals surface area contributed by atoms with Crippen molar-refractivity contribution in [1.29, 1.82) is 0 Å². The monoisotopic (exact) mass is 256 g/mol. The molecule has 0 bridgehead atoms. The minimum atomic E-state index is 0.819. The van der Waals surface area contributed by atoms with Crippen LogP contribution >= 0.6 is 0 Å². The molecular formula is C13H36O4. The van der Waals surface area contributed by atoms with Gasteiger partial charge in [-0.05, 0) is 13.8 Å². The molecule has 0 atom stereocenters. The van der Waals surface area contributed by atoms with Gasteiger partial charge >= 0.3 is 0 Å². The summed E-state index contributed by atoms with van der Waals surface area (Å²) in [7, 11) is 9.86. The van der Waals surface area contributed by atoms with Crippen LogP contribution in [0.2, 0.25) is 0 Å². The molecule has 4 nitrogen and oxygen atoms in total. The summed E-state index contributed by atoms with van der Waals surface area (Å²) in [5.74, 6) is 0. The molecule has 0 saturated heterocycles. The lowest BCUT2D eigenvalue weighted by Gasteiger charge is -1.76. The number of ether oxygens (including phenoxy) is 4. The molecule has 0 aliphatic heterocycles. The minimum absolute atomic E-state index is 0.819. The summed E-state index contributed by atoms with van der Waals surface area (Å²) >= 11 is 0. The van der Waals surface area contributed by atoms with Gasteiger partial charge in [0, 0.05) is 55.9 Å². The third-order valence-electron chi connectivity index (χ3n) is 0.577. The maximum Gasteiger partial charge on any atom is 0.0433 e. The summed E-state index contributed by atoms with van der Waals surface area (Å²) in [5.41, 5.74) is 0. The summed E-state index contributed by atoms with van der Waals surface area (Å²) < 4.78 is 17.6. The van der Waals surface area contributed by atoms with E-state index in [-0.39, 0.29) is 0 Å². The highest BCUT2D eigenvalue weighted by Gasteiger charge is 1.52. The maximum atomic E-state index is 4.54. The summed E-state index contributed by atoms with van der Waals surface area (Å²) in [6.45, 7) is 9.81. The molecule has 17 heavy (non-hydrogen) atoms. The smallest absolute Gasteiger partial charge is 0.0433 e. The van der Waals surface area contributed by atoms with Crippen LogP contribution in [-0.4, -0.2) is 55.9 Å². The van der Waals surface area contributed by atoms with Crippen LogP contribution in [-0.2, 0) is 18.9 Å². The van der Waals surface area contributed by atoms with Gasteiger partial charge in [-0.25, -0.2) is 0 Å². The highest BCUT2D eigenvalue weighted by Crippen LogP contribution is 1.56. The molecule has 0 heterocycles. The van der Waals surface area contributed by atoms with Crippen molar-refractivity contribution in [2.75, 3.05) is 55.9 Å². The zero-order chi connectivity index (χ0) is 14.9. The van der Waals surface area contributed by atoms with Crippen molar-refractivity contribution in [2.24, 2.45) is 0 Å². The standard InChI is InChI=1S/2C3H8O.C3H8.2C2H6O/c2*1-3-4-2;3*1-3-2/h2*3H2,1-2H3;3H2,1-2H3;2*1-2H3. The van der Waals surface area contributed by atoms with Gasteiger partial charge in [0.25, 0.3) is 0 Å². The summed E-state index contributed by atoms with van der Waals surface area (Å²) in [5, 5.41) is 0. The van der Waals surface area contributed by atoms with Crippen LogP contribution < -0.4 is 0 Å². The second-order valence-electron chi connectivity index (χ2n) is 2.68. The lowest BCUT2D eigenvalue weighted by molar-refractivity contribution is 0.215. The zero-order valence-electron chi connectivity index (χ0n) is 13.8. The van der Waals surface area contributed by atoms with E-state index in [0.29, 0.717) is 0 Å². The van der Waals surface area contributed by atoms with Gasteiger partial charge in [-0.2, -0.15) is 0 Å². The molecule has 0 aromatic rings. The van der Waals surface area contributed by atoms with Crippen LogP contribution in [0.1, 0.15) is 34.1 Å². The zero-order valence-corrected chi connectivity index (χ0v) is 13.8. The second-order valence-corrected chi connectivity index (χ2v) is 2.68. The third-order valence-corrected chi connectivity index (χ3v) is 0.577. The predicted molar refractivity (Wildman–Crippen MR) is 76.9 cm³/mol. The first-order valence-corrected chi connectivity index (χ1v) is 5.86. The SMILES string of the molecule is CCC.CCOC.CCOC.COC.COC. The van der Waals surface area contributed by atoms with E-state index < -0.39 is 0 Å². The van der Waals surface area contributed by atoms with Gasteiger partial charge in [0.1, 0.15) is 0 Å². The minimum Gasteiger partial charge on any atom is -0.388 e. The van der Waals surface area contributed by atoms with Gasteiger partial charge in [-0.15, -0.1) is 0 Å². The van der Waals surface area contributed by atoms with Crippen molar-refractivity contribution >= 4 is 0 Å². The fourth-order valence-electron chi connectivity index (χ4n) is 0. The predicted octanol–water partition coefficient (Wildman–Crippen LogP) is 3.25. The Labute approximate surface area is 110 Å². The normalized spacial score (nSPS) is 6.71. The highest BCUT2D eigenvalue weighted by molar-refractivity contribution is 3.95. The van der Waals surface area contributed by atoms with Gasteiger partial charge in [-0.1, -0.05) is 20.3 Å². The Balaban J connectivity index is -0.0000000356. The van der Waals surface area contributed by atoms with Crippen molar-refractivity contribution in [3.63, 3.8) is 0 Å². The van der Waals surface area contributed by atoms with Crippen molar-refractivity contribution in [1.82, 2.24) is 0 Å². The van der Waals surface area contributed by atoms with E-state index >= 15 is 0 Å². The molecule has 0 aliphatic carbocycles. The Kier molecular flexibility index (Phi) is 132. The summed E-state index contributed by atoms with van der Waals surface area (Å²) in [4.78, 5) is 0. The lowest BCUT2D eigenvalue weighted by atomic mass is 10.6. The number of hydrogen-bond donors (Lipinski definition) is 0. The van der Waals surface area contributed by atoms with Crippen LogP contribution in [0.5, 0.6) is 0 Å². The second kappa shape index (κ2) is 74.6. The molecule has 0 aromatic heterocycles. The van der Waals surface area contributed by atoms with Crippen molar-refractivity contribution in [2.45, 2.75) is 34.1 Å². The Bertz CT molecular complexity index is 39.9. The van der Waals surface area contributed by atoms with Crippen LogP contribution in [0.25, 0.3) is 0 Å². The molecule has 112 valence electrons. The summed E-state index contributed by atoms with van der Waals surface area (Å²) in [6, 6.07) is 0. The van der Waals surface area contributed by atoms with E-state index in [1.807, 2.05) is 13.8 Å². The maximum absolute atomic E-state index is 4.54. The van der Waals surface area contributed by atoms with Crippen molar-refractivity contribution in [3.05, 3.63) is 0 Å². The van der Waals surface area contributed by atoms with Crippen LogP contribution in [0.15, 0.2) is 0 Å².